The van der Waals surface area contributed by atoms with Gasteiger partial charge in [-0.3, -0.25) is 0 Å². The average molecular weight is 278 g/mol. The summed E-state index contributed by atoms with van der Waals surface area (Å²) < 4.78 is 11.6. The minimum absolute atomic E-state index is 0.664. The summed E-state index contributed by atoms with van der Waals surface area (Å²) in [6.45, 7) is 2.62. The Balaban J connectivity index is 2.94. The maximum absolute atomic E-state index is 5.35. The Bertz CT molecular complexity index is 261. The third kappa shape index (κ3) is 2.27. The Morgan fingerprint density at radius 3 is 2.67 bits per heavy atom. The summed E-state index contributed by atoms with van der Waals surface area (Å²) in [5.41, 5.74) is 0. The summed E-state index contributed by atoms with van der Waals surface area (Å²) >= 11 is 2.24. The van der Waals surface area contributed by atoms with Crippen LogP contribution in [0.1, 0.15) is 6.92 Å². The molecule has 0 fully saturated rings. The molecule has 1 rings (SSSR count). The number of methoxy groups -OCH3 is 1. The number of benzene rings is 1. The summed E-state index contributed by atoms with van der Waals surface area (Å²) in [7, 11) is 1.65. The van der Waals surface area contributed by atoms with E-state index in [2.05, 4.69) is 22.6 Å². The van der Waals surface area contributed by atoms with E-state index < -0.39 is 0 Å². The van der Waals surface area contributed by atoms with E-state index >= 15 is 0 Å². The van der Waals surface area contributed by atoms with Gasteiger partial charge < -0.3 is 9.47 Å². The Morgan fingerprint density at radius 2 is 2.08 bits per heavy atom. The lowest BCUT2D eigenvalue weighted by Crippen LogP contribution is -1.95. The Kier molecular flexibility index (Phi) is 3.65. The molecule has 0 aliphatic rings. The first-order valence-corrected chi connectivity index (χ1v) is 4.82. The van der Waals surface area contributed by atoms with Crippen LogP contribution in [0.3, 0.4) is 0 Å². The molecule has 0 amide bonds. The summed E-state index contributed by atoms with van der Waals surface area (Å²) in [6, 6.07) is 5.86. The molecule has 0 unspecified atom stereocenters. The van der Waals surface area contributed by atoms with E-state index in [1.54, 1.807) is 7.11 Å². The van der Waals surface area contributed by atoms with Gasteiger partial charge in [-0.15, -0.1) is 0 Å². The van der Waals surface area contributed by atoms with Gasteiger partial charge in [-0.25, -0.2) is 0 Å². The first-order valence-electron chi connectivity index (χ1n) is 3.74. The van der Waals surface area contributed by atoms with Crippen molar-refractivity contribution in [1.29, 1.82) is 0 Å². The fourth-order valence-corrected chi connectivity index (χ4v) is 1.38. The highest BCUT2D eigenvalue weighted by atomic mass is 127. The molecule has 0 radical (unpaired) electrons. The highest BCUT2D eigenvalue weighted by molar-refractivity contribution is 14.1. The molecule has 0 atom stereocenters. The molecule has 0 aliphatic carbocycles. The van der Waals surface area contributed by atoms with Gasteiger partial charge in [0, 0.05) is 3.57 Å². The lowest BCUT2D eigenvalue weighted by atomic mass is 10.3. The molecule has 0 spiro atoms. The van der Waals surface area contributed by atoms with Crippen LogP contribution < -0.4 is 9.47 Å². The molecule has 2 nitrogen and oxygen atoms in total. The minimum Gasteiger partial charge on any atom is -0.493 e. The van der Waals surface area contributed by atoms with Gasteiger partial charge in [0.15, 0.2) is 11.5 Å². The molecule has 0 saturated carbocycles. The molecule has 12 heavy (non-hydrogen) atoms. The molecule has 0 N–H and O–H groups in total. The highest BCUT2D eigenvalue weighted by Gasteiger charge is 2.02. The summed E-state index contributed by atoms with van der Waals surface area (Å²) in [6.07, 6.45) is 0. The van der Waals surface area contributed by atoms with Gasteiger partial charge in [-0.2, -0.15) is 0 Å². The number of halogens is 1. The van der Waals surface area contributed by atoms with Gasteiger partial charge in [0.2, 0.25) is 0 Å². The van der Waals surface area contributed by atoms with Crippen molar-refractivity contribution in [3.8, 4) is 11.5 Å². The Morgan fingerprint density at radius 1 is 1.33 bits per heavy atom. The van der Waals surface area contributed by atoms with E-state index in [0.29, 0.717) is 6.61 Å². The van der Waals surface area contributed by atoms with Crippen LogP contribution in [-0.2, 0) is 0 Å². The fraction of sp³-hybridized carbons (Fsp3) is 0.333. The van der Waals surface area contributed by atoms with Crippen LogP contribution in [-0.4, -0.2) is 13.7 Å². The van der Waals surface area contributed by atoms with Crippen LogP contribution in [0.25, 0.3) is 0 Å². The van der Waals surface area contributed by atoms with Gasteiger partial charge >= 0.3 is 0 Å². The average Bonchev–Trinajstić information content (AvgIpc) is 2.08. The SMILES string of the molecule is CCOc1ccc(I)cc1OC. The Hall–Kier alpha value is -0.450. The summed E-state index contributed by atoms with van der Waals surface area (Å²) in [4.78, 5) is 0. The van der Waals surface area contributed by atoms with Gasteiger partial charge in [-0.1, -0.05) is 0 Å². The van der Waals surface area contributed by atoms with Crippen LogP contribution in [0.2, 0.25) is 0 Å². The van der Waals surface area contributed by atoms with Crippen LogP contribution in [0, 0.1) is 3.57 Å². The summed E-state index contributed by atoms with van der Waals surface area (Å²) in [5.74, 6) is 1.60. The van der Waals surface area contributed by atoms with Crippen LogP contribution in [0.15, 0.2) is 18.2 Å². The summed E-state index contributed by atoms with van der Waals surface area (Å²) in [5, 5.41) is 0. The lowest BCUT2D eigenvalue weighted by molar-refractivity contribution is 0.311. The molecule has 0 heterocycles. The smallest absolute Gasteiger partial charge is 0.161 e. The molecular formula is C9H11IO2. The van der Waals surface area contributed by atoms with E-state index in [-0.39, 0.29) is 0 Å². The Labute approximate surface area is 86.0 Å². The van der Waals surface area contributed by atoms with Crippen LogP contribution >= 0.6 is 22.6 Å². The van der Waals surface area contributed by atoms with Crippen molar-refractivity contribution < 1.29 is 9.47 Å². The fourth-order valence-electron chi connectivity index (χ4n) is 0.916. The number of hydrogen-bond donors (Lipinski definition) is 0. The van der Waals surface area contributed by atoms with Crippen molar-refractivity contribution in [1.82, 2.24) is 0 Å². The van der Waals surface area contributed by atoms with Crippen LogP contribution in [0.5, 0.6) is 11.5 Å². The van der Waals surface area contributed by atoms with Crippen molar-refractivity contribution in [2.45, 2.75) is 6.92 Å². The molecule has 0 aromatic heterocycles. The predicted molar refractivity (Wildman–Crippen MR) is 56.9 cm³/mol. The van der Waals surface area contributed by atoms with E-state index in [0.717, 1.165) is 15.1 Å². The third-order valence-electron chi connectivity index (χ3n) is 1.43. The standard InChI is InChI=1S/C9H11IO2/c1-3-12-8-5-4-7(10)6-9(8)11-2/h4-6H,3H2,1-2H3. The number of rotatable bonds is 3. The van der Waals surface area contributed by atoms with Crippen molar-refractivity contribution in [3.05, 3.63) is 21.8 Å². The largest absolute Gasteiger partial charge is 0.493 e. The van der Waals surface area contributed by atoms with E-state index in [1.165, 1.54) is 0 Å². The molecule has 3 heteroatoms. The minimum atomic E-state index is 0.664. The normalized spacial score (nSPS) is 9.58. The van der Waals surface area contributed by atoms with Crippen molar-refractivity contribution in [2.75, 3.05) is 13.7 Å². The lowest BCUT2D eigenvalue weighted by Gasteiger charge is -2.08. The van der Waals surface area contributed by atoms with Gasteiger partial charge in [0.1, 0.15) is 0 Å². The second kappa shape index (κ2) is 4.54. The molecule has 0 aliphatic heterocycles. The first-order chi connectivity index (χ1) is 5.77. The molecular weight excluding hydrogens is 267 g/mol. The second-order valence-electron chi connectivity index (χ2n) is 2.23. The zero-order valence-corrected chi connectivity index (χ0v) is 9.29. The topological polar surface area (TPSA) is 18.5 Å². The molecule has 66 valence electrons. The number of hydrogen-bond acceptors (Lipinski definition) is 2. The molecule has 0 saturated heterocycles. The highest BCUT2D eigenvalue weighted by Crippen LogP contribution is 2.28. The van der Waals surface area contributed by atoms with E-state index in [4.69, 9.17) is 9.47 Å². The first kappa shape index (κ1) is 9.64. The number of ether oxygens (including phenoxy) is 2. The maximum atomic E-state index is 5.35. The second-order valence-corrected chi connectivity index (χ2v) is 3.47. The maximum Gasteiger partial charge on any atom is 0.161 e. The van der Waals surface area contributed by atoms with Gasteiger partial charge in [0.05, 0.1) is 13.7 Å². The quantitative estimate of drug-likeness (QED) is 0.791. The van der Waals surface area contributed by atoms with Crippen LogP contribution in [0.4, 0.5) is 0 Å². The predicted octanol–water partition coefficient (Wildman–Crippen LogP) is 2.70. The van der Waals surface area contributed by atoms with E-state index in [9.17, 15) is 0 Å². The zero-order valence-electron chi connectivity index (χ0n) is 7.13. The molecule has 1 aromatic rings. The monoisotopic (exact) mass is 278 g/mol. The zero-order chi connectivity index (χ0) is 8.97. The van der Waals surface area contributed by atoms with Crippen molar-refractivity contribution in [3.63, 3.8) is 0 Å². The van der Waals surface area contributed by atoms with Gasteiger partial charge in [-0.05, 0) is 47.7 Å². The van der Waals surface area contributed by atoms with E-state index in [1.807, 2.05) is 25.1 Å². The molecule has 1 aromatic carbocycles. The van der Waals surface area contributed by atoms with Crippen molar-refractivity contribution >= 4 is 22.6 Å². The molecule has 0 bridgehead atoms. The van der Waals surface area contributed by atoms with Gasteiger partial charge in [0.25, 0.3) is 0 Å². The van der Waals surface area contributed by atoms with Crippen molar-refractivity contribution in [2.24, 2.45) is 0 Å². The third-order valence-corrected chi connectivity index (χ3v) is 2.10.